The fraction of sp³-hybridized carbons (Fsp3) is 0.609. The number of hydrogen-bond acceptors (Lipinski definition) is 3. The predicted molar refractivity (Wildman–Crippen MR) is 114 cm³/mol. The van der Waals surface area contributed by atoms with Crippen molar-refractivity contribution < 1.29 is 14.4 Å². The van der Waals surface area contributed by atoms with Crippen molar-refractivity contribution in [1.29, 1.82) is 0 Å². The molecule has 160 valence electrons. The lowest BCUT2D eigenvalue weighted by Gasteiger charge is -2.35. The zero-order chi connectivity index (χ0) is 21.6. The Hall–Kier alpha value is -2.37. The van der Waals surface area contributed by atoms with Gasteiger partial charge in [-0.15, -0.1) is 0 Å². The van der Waals surface area contributed by atoms with Crippen LogP contribution >= 0.6 is 0 Å². The Morgan fingerprint density at radius 2 is 1.69 bits per heavy atom. The van der Waals surface area contributed by atoms with Crippen molar-refractivity contribution in [2.24, 2.45) is 11.8 Å². The van der Waals surface area contributed by atoms with Crippen molar-refractivity contribution in [1.82, 2.24) is 15.5 Å². The molecule has 0 bridgehead atoms. The van der Waals surface area contributed by atoms with Gasteiger partial charge in [0.05, 0.1) is 0 Å². The van der Waals surface area contributed by atoms with Crippen LogP contribution in [0.15, 0.2) is 24.3 Å². The Kier molecular flexibility index (Phi) is 8.23. The summed E-state index contributed by atoms with van der Waals surface area (Å²) in [5.74, 6) is 0.115. The molecule has 2 N–H and O–H groups in total. The van der Waals surface area contributed by atoms with Crippen LogP contribution in [0.25, 0.3) is 0 Å². The zero-order valence-corrected chi connectivity index (χ0v) is 18.3. The molecule has 1 aliphatic heterocycles. The summed E-state index contributed by atoms with van der Waals surface area (Å²) in [6.07, 6.45) is 1.85. The van der Waals surface area contributed by atoms with E-state index in [9.17, 15) is 14.4 Å². The lowest BCUT2D eigenvalue weighted by atomic mass is 9.98. The van der Waals surface area contributed by atoms with Crippen molar-refractivity contribution in [2.75, 3.05) is 13.1 Å². The maximum absolute atomic E-state index is 13.0. The molecule has 29 heavy (non-hydrogen) atoms. The topological polar surface area (TPSA) is 78.5 Å². The molecule has 0 saturated carbocycles. The van der Waals surface area contributed by atoms with E-state index in [4.69, 9.17) is 0 Å². The van der Waals surface area contributed by atoms with E-state index in [-0.39, 0.29) is 35.6 Å². The number of carbonyl (C=O) groups is 3. The van der Waals surface area contributed by atoms with E-state index < -0.39 is 6.04 Å². The highest BCUT2D eigenvalue weighted by Gasteiger charge is 2.31. The molecule has 0 spiro atoms. The van der Waals surface area contributed by atoms with Crippen LogP contribution in [-0.2, 0) is 9.59 Å². The lowest BCUT2D eigenvalue weighted by Crippen LogP contribution is -2.54. The quantitative estimate of drug-likeness (QED) is 0.737. The summed E-state index contributed by atoms with van der Waals surface area (Å²) in [6, 6.07) is 7.09. The smallest absolute Gasteiger partial charge is 0.251 e. The molecule has 0 aliphatic carbocycles. The van der Waals surface area contributed by atoms with Gasteiger partial charge in [0.1, 0.15) is 6.04 Å². The molecule has 1 atom stereocenters. The summed E-state index contributed by atoms with van der Waals surface area (Å²) < 4.78 is 0. The number of amides is 3. The first-order valence-corrected chi connectivity index (χ1v) is 10.6. The number of benzene rings is 1. The Morgan fingerprint density at radius 1 is 1.07 bits per heavy atom. The Balaban J connectivity index is 1.89. The number of hydrogen-bond donors (Lipinski definition) is 2. The number of carbonyl (C=O) groups excluding carboxylic acids is 3. The van der Waals surface area contributed by atoms with Crippen molar-refractivity contribution >= 4 is 17.7 Å². The summed E-state index contributed by atoms with van der Waals surface area (Å²) in [7, 11) is 0. The fourth-order valence-electron chi connectivity index (χ4n) is 3.65. The van der Waals surface area contributed by atoms with Gasteiger partial charge in [-0.1, -0.05) is 45.9 Å². The molecule has 1 fully saturated rings. The zero-order valence-electron chi connectivity index (χ0n) is 18.3. The predicted octanol–water partition coefficient (Wildman–Crippen LogP) is 2.90. The number of rotatable bonds is 7. The Bertz CT molecular complexity index is 722. The second kappa shape index (κ2) is 10.4. The standard InChI is InChI=1S/C23H35N3O3/c1-15(2)14-20(27)25-21(16(3)4)23(29)26-12-10-18(11-13-26)24-22(28)19-9-7-6-8-17(19)5/h6-9,15-16,18,21H,10-14H2,1-5H3,(H,24,28)(H,25,27). The van der Waals surface area contributed by atoms with Gasteiger partial charge in [-0.05, 0) is 43.2 Å². The number of likely N-dealkylation sites (tertiary alicyclic amines) is 1. The van der Waals surface area contributed by atoms with E-state index in [1.165, 1.54) is 0 Å². The normalized spacial score (nSPS) is 16.0. The molecule has 1 heterocycles. The van der Waals surface area contributed by atoms with Gasteiger partial charge in [-0.25, -0.2) is 0 Å². The first kappa shape index (κ1) is 22.9. The van der Waals surface area contributed by atoms with E-state index in [0.717, 1.165) is 5.56 Å². The summed E-state index contributed by atoms with van der Waals surface area (Å²) in [6.45, 7) is 11.0. The van der Waals surface area contributed by atoms with Crippen molar-refractivity contribution in [2.45, 2.75) is 66.0 Å². The summed E-state index contributed by atoms with van der Waals surface area (Å²) in [5, 5.41) is 6.01. The maximum atomic E-state index is 13.0. The van der Waals surface area contributed by atoms with Crippen molar-refractivity contribution in [3.63, 3.8) is 0 Å². The van der Waals surface area contributed by atoms with Crippen molar-refractivity contribution in [3.05, 3.63) is 35.4 Å². The van der Waals surface area contributed by atoms with Gasteiger partial charge < -0.3 is 15.5 Å². The van der Waals surface area contributed by atoms with Crippen LogP contribution in [0.5, 0.6) is 0 Å². The van der Waals surface area contributed by atoms with Gasteiger partial charge in [0.15, 0.2) is 0 Å². The third kappa shape index (κ3) is 6.58. The van der Waals surface area contributed by atoms with Gasteiger partial charge >= 0.3 is 0 Å². The monoisotopic (exact) mass is 401 g/mol. The maximum Gasteiger partial charge on any atom is 0.251 e. The van der Waals surface area contributed by atoms with Crippen LogP contribution in [0.2, 0.25) is 0 Å². The Morgan fingerprint density at radius 3 is 2.24 bits per heavy atom. The molecule has 1 unspecified atom stereocenters. The molecule has 1 aliphatic rings. The average Bonchev–Trinajstić information content (AvgIpc) is 2.65. The van der Waals surface area contributed by atoms with Crippen LogP contribution in [-0.4, -0.2) is 47.8 Å². The molecule has 3 amide bonds. The number of nitrogens with one attached hydrogen (secondary N) is 2. The Labute approximate surface area is 174 Å². The number of piperidine rings is 1. The van der Waals surface area contributed by atoms with Gasteiger partial charge in [0, 0.05) is 31.1 Å². The minimum atomic E-state index is -0.501. The van der Waals surface area contributed by atoms with Crippen LogP contribution in [0, 0.1) is 18.8 Å². The van der Waals surface area contributed by atoms with E-state index in [1.807, 2.05) is 63.8 Å². The molecule has 6 nitrogen and oxygen atoms in total. The first-order valence-electron chi connectivity index (χ1n) is 10.6. The third-order valence-corrected chi connectivity index (χ3v) is 5.37. The molecule has 1 aromatic carbocycles. The molecule has 0 aromatic heterocycles. The third-order valence-electron chi connectivity index (χ3n) is 5.37. The lowest BCUT2D eigenvalue weighted by molar-refractivity contribution is -0.138. The van der Waals surface area contributed by atoms with Crippen LogP contribution in [0.4, 0.5) is 0 Å². The summed E-state index contributed by atoms with van der Waals surface area (Å²) >= 11 is 0. The minimum absolute atomic E-state index is 0.0251. The van der Waals surface area contributed by atoms with Crippen molar-refractivity contribution in [3.8, 4) is 0 Å². The second-order valence-electron chi connectivity index (χ2n) is 8.78. The van der Waals surface area contributed by atoms with Gasteiger partial charge in [-0.3, -0.25) is 14.4 Å². The highest BCUT2D eigenvalue weighted by atomic mass is 16.2. The number of aryl methyl sites for hydroxylation is 1. The number of nitrogens with zero attached hydrogens (tertiary/aromatic N) is 1. The van der Waals surface area contributed by atoms with Gasteiger partial charge in [0.25, 0.3) is 5.91 Å². The molecule has 6 heteroatoms. The average molecular weight is 402 g/mol. The van der Waals surface area contributed by atoms with E-state index >= 15 is 0 Å². The van der Waals surface area contributed by atoms with Crippen LogP contribution < -0.4 is 10.6 Å². The van der Waals surface area contributed by atoms with Crippen LogP contribution in [0.1, 0.15) is 62.9 Å². The second-order valence-corrected chi connectivity index (χ2v) is 8.78. The van der Waals surface area contributed by atoms with Crippen LogP contribution in [0.3, 0.4) is 0 Å². The van der Waals surface area contributed by atoms with Gasteiger partial charge in [0.2, 0.25) is 11.8 Å². The van der Waals surface area contributed by atoms with E-state index in [2.05, 4.69) is 10.6 Å². The van der Waals surface area contributed by atoms with E-state index in [0.29, 0.717) is 37.9 Å². The molecule has 0 radical (unpaired) electrons. The molecular weight excluding hydrogens is 366 g/mol. The molecular formula is C23H35N3O3. The highest BCUT2D eigenvalue weighted by Crippen LogP contribution is 2.16. The fourth-order valence-corrected chi connectivity index (χ4v) is 3.65. The highest BCUT2D eigenvalue weighted by molar-refractivity contribution is 5.95. The SMILES string of the molecule is Cc1ccccc1C(=O)NC1CCN(C(=O)C(NC(=O)CC(C)C)C(C)C)CC1. The molecule has 1 saturated heterocycles. The molecule has 1 aromatic rings. The largest absolute Gasteiger partial charge is 0.349 e. The summed E-state index contributed by atoms with van der Waals surface area (Å²) in [5.41, 5.74) is 1.65. The molecule has 2 rings (SSSR count). The summed E-state index contributed by atoms with van der Waals surface area (Å²) in [4.78, 5) is 39.5. The van der Waals surface area contributed by atoms with E-state index in [1.54, 1.807) is 0 Å². The van der Waals surface area contributed by atoms with Gasteiger partial charge in [-0.2, -0.15) is 0 Å². The first-order chi connectivity index (χ1) is 13.7. The minimum Gasteiger partial charge on any atom is -0.349 e.